The number of nitrogens with two attached hydrogens (primary N) is 1. The van der Waals surface area contributed by atoms with Gasteiger partial charge in [0.25, 0.3) is 0 Å². The van der Waals surface area contributed by atoms with Crippen LogP contribution in [0.5, 0.6) is 5.75 Å². The SMILES string of the molecule is COc1ccc(CSc2cccc(C)c2N)c(F)c1. The number of anilines is 1. The third kappa shape index (κ3) is 3.20. The minimum absolute atomic E-state index is 0.252. The fourth-order valence-electron chi connectivity index (χ4n) is 1.71. The van der Waals surface area contributed by atoms with Gasteiger partial charge in [-0.25, -0.2) is 4.39 Å². The van der Waals surface area contributed by atoms with Crippen molar-refractivity contribution in [2.75, 3.05) is 12.8 Å². The van der Waals surface area contributed by atoms with Crippen molar-refractivity contribution in [3.05, 3.63) is 53.3 Å². The number of hydrogen-bond donors (Lipinski definition) is 1. The van der Waals surface area contributed by atoms with Gasteiger partial charge < -0.3 is 10.5 Å². The molecule has 0 fully saturated rings. The summed E-state index contributed by atoms with van der Waals surface area (Å²) in [6.07, 6.45) is 0. The molecular weight excluding hydrogens is 261 g/mol. The van der Waals surface area contributed by atoms with Gasteiger partial charge in [-0.2, -0.15) is 0 Å². The Kier molecular flexibility index (Phi) is 4.32. The van der Waals surface area contributed by atoms with Gasteiger partial charge >= 0.3 is 0 Å². The van der Waals surface area contributed by atoms with Gasteiger partial charge in [0.05, 0.1) is 7.11 Å². The Balaban J connectivity index is 2.12. The van der Waals surface area contributed by atoms with Gasteiger partial charge in [0.2, 0.25) is 0 Å². The second-order valence-electron chi connectivity index (χ2n) is 4.23. The lowest BCUT2D eigenvalue weighted by Gasteiger charge is -2.09. The largest absolute Gasteiger partial charge is 0.497 e. The van der Waals surface area contributed by atoms with Crippen LogP contribution in [0.1, 0.15) is 11.1 Å². The number of halogens is 1. The summed E-state index contributed by atoms with van der Waals surface area (Å²) in [5.74, 6) is 0.822. The van der Waals surface area contributed by atoms with E-state index >= 15 is 0 Å². The van der Waals surface area contributed by atoms with Gasteiger partial charge in [-0.3, -0.25) is 0 Å². The second-order valence-corrected chi connectivity index (χ2v) is 5.25. The summed E-state index contributed by atoms with van der Waals surface area (Å²) >= 11 is 1.54. The van der Waals surface area contributed by atoms with E-state index in [2.05, 4.69) is 0 Å². The highest BCUT2D eigenvalue weighted by Gasteiger charge is 2.07. The highest BCUT2D eigenvalue weighted by atomic mass is 32.2. The topological polar surface area (TPSA) is 35.2 Å². The van der Waals surface area contributed by atoms with Gasteiger partial charge in [-0.15, -0.1) is 11.8 Å². The van der Waals surface area contributed by atoms with E-state index in [0.29, 0.717) is 17.1 Å². The Morgan fingerprint density at radius 1 is 1.26 bits per heavy atom. The van der Waals surface area contributed by atoms with Crippen molar-refractivity contribution in [1.29, 1.82) is 0 Å². The maximum absolute atomic E-state index is 13.8. The molecule has 0 aromatic heterocycles. The number of rotatable bonds is 4. The van der Waals surface area contributed by atoms with Crippen molar-refractivity contribution in [3.8, 4) is 5.75 Å². The molecule has 19 heavy (non-hydrogen) atoms. The highest BCUT2D eigenvalue weighted by molar-refractivity contribution is 7.98. The summed E-state index contributed by atoms with van der Waals surface area (Å²) in [6, 6.07) is 10.8. The second kappa shape index (κ2) is 5.97. The molecule has 2 aromatic rings. The number of ether oxygens (including phenoxy) is 1. The zero-order valence-corrected chi connectivity index (χ0v) is 11.8. The predicted molar refractivity (Wildman–Crippen MR) is 78.1 cm³/mol. The quantitative estimate of drug-likeness (QED) is 0.677. The molecule has 0 amide bonds. The third-order valence-electron chi connectivity index (χ3n) is 2.93. The highest BCUT2D eigenvalue weighted by Crippen LogP contribution is 2.31. The Morgan fingerprint density at radius 2 is 2.05 bits per heavy atom. The Morgan fingerprint density at radius 3 is 2.74 bits per heavy atom. The van der Waals surface area contributed by atoms with Crippen LogP contribution in [0.25, 0.3) is 0 Å². The molecule has 100 valence electrons. The number of aryl methyl sites for hydroxylation is 1. The van der Waals surface area contributed by atoms with Crippen LogP contribution in [0.15, 0.2) is 41.3 Å². The first-order chi connectivity index (χ1) is 9.11. The first kappa shape index (κ1) is 13.7. The van der Waals surface area contributed by atoms with E-state index in [9.17, 15) is 4.39 Å². The third-order valence-corrected chi connectivity index (χ3v) is 4.05. The summed E-state index contributed by atoms with van der Waals surface area (Å²) in [7, 11) is 1.52. The molecule has 0 saturated carbocycles. The van der Waals surface area contributed by atoms with Crippen molar-refractivity contribution in [3.63, 3.8) is 0 Å². The number of para-hydroxylation sites is 1. The monoisotopic (exact) mass is 277 g/mol. The first-order valence-electron chi connectivity index (χ1n) is 5.92. The van der Waals surface area contributed by atoms with Crippen LogP contribution >= 0.6 is 11.8 Å². The standard InChI is InChI=1S/C15H16FNOS/c1-10-4-3-5-14(15(10)17)19-9-11-6-7-12(18-2)8-13(11)16/h3-8H,9,17H2,1-2H3. The molecule has 0 atom stereocenters. The minimum Gasteiger partial charge on any atom is -0.497 e. The normalized spacial score (nSPS) is 10.5. The molecule has 2 rings (SSSR count). The lowest BCUT2D eigenvalue weighted by Crippen LogP contribution is -1.94. The van der Waals surface area contributed by atoms with Gasteiger partial charge in [0.15, 0.2) is 0 Å². The predicted octanol–water partition coefficient (Wildman–Crippen LogP) is 4.02. The fourth-order valence-corrected chi connectivity index (χ4v) is 2.74. The smallest absolute Gasteiger partial charge is 0.130 e. The maximum Gasteiger partial charge on any atom is 0.130 e. The summed E-state index contributed by atoms with van der Waals surface area (Å²) in [6.45, 7) is 1.97. The van der Waals surface area contributed by atoms with Crippen LogP contribution in [-0.2, 0) is 5.75 Å². The zero-order chi connectivity index (χ0) is 13.8. The lowest BCUT2D eigenvalue weighted by atomic mass is 10.2. The van der Waals surface area contributed by atoms with E-state index in [0.717, 1.165) is 16.1 Å². The van der Waals surface area contributed by atoms with E-state index in [4.69, 9.17) is 10.5 Å². The molecule has 0 aliphatic heterocycles. The summed E-state index contributed by atoms with van der Waals surface area (Å²) in [5.41, 5.74) is 8.45. The first-order valence-corrected chi connectivity index (χ1v) is 6.90. The fraction of sp³-hybridized carbons (Fsp3) is 0.200. The molecule has 0 aliphatic carbocycles. The molecule has 0 saturated heterocycles. The zero-order valence-electron chi connectivity index (χ0n) is 10.9. The molecule has 0 unspecified atom stereocenters. The molecular formula is C15H16FNOS. The van der Waals surface area contributed by atoms with Gasteiger partial charge in [-0.05, 0) is 30.2 Å². The van der Waals surface area contributed by atoms with E-state index in [-0.39, 0.29) is 5.82 Å². The van der Waals surface area contributed by atoms with Crippen LogP contribution < -0.4 is 10.5 Å². The van der Waals surface area contributed by atoms with Crippen molar-refractivity contribution in [2.24, 2.45) is 0 Å². The molecule has 0 radical (unpaired) electrons. The molecule has 0 bridgehead atoms. The molecule has 4 heteroatoms. The van der Waals surface area contributed by atoms with E-state index in [1.807, 2.05) is 25.1 Å². The average Bonchev–Trinajstić information content (AvgIpc) is 2.41. The van der Waals surface area contributed by atoms with E-state index in [1.54, 1.807) is 12.1 Å². The van der Waals surface area contributed by atoms with Crippen molar-refractivity contribution >= 4 is 17.4 Å². The number of benzene rings is 2. The molecule has 2 nitrogen and oxygen atoms in total. The Bertz CT molecular complexity index is 586. The van der Waals surface area contributed by atoms with Crippen molar-refractivity contribution in [1.82, 2.24) is 0 Å². The van der Waals surface area contributed by atoms with Crippen LogP contribution in [0.3, 0.4) is 0 Å². The lowest BCUT2D eigenvalue weighted by molar-refractivity contribution is 0.411. The number of nitrogen functional groups attached to an aromatic ring is 1. The van der Waals surface area contributed by atoms with E-state index < -0.39 is 0 Å². The van der Waals surface area contributed by atoms with Crippen LogP contribution in [0.4, 0.5) is 10.1 Å². The number of hydrogen-bond acceptors (Lipinski definition) is 3. The maximum atomic E-state index is 13.8. The summed E-state index contributed by atoms with van der Waals surface area (Å²) in [5, 5.41) is 0. The summed E-state index contributed by atoms with van der Waals surface area (Å²) in [4.78, 5) is 0.982. The summed E-state index contributed by atoms with van der Waals surface area (Å²) < 4.78 is 18.8. The van der Waals surface area contributed by atoms with Gasteiger partial charge in [-0.1, -0.05) is 18.2 Å². The number of methoxy groups -OCH3 is 1. The van der Waals surface area contributed by atoms with E-state index in [1.165, 1.54) is 24.9 Å². The number of thioether (sulfide) groups is 1. The molecule has 0 heterocycles. The molecule has 0 spiro atoms. The minimum atomic E-state index is -0.252. The van der Waals surface area contributed by atoms with Crippen molar-refractivity contribution < 1.29 is 9.13 Å². The molecule has 0 aliphatic rings. The van der Waals surface area contributed by atoms with Crippen LogP contribution in [0.2, 0.25) is 0 Å². The van der Waals surface area contributed by atoms with Crippen molar-refractivity contribution in [2.45, 2.75) is 17.6 Å². The Hall–Kier alpha value is -1.68. The average molecular weight is 277 g/mol. The molecule has 2 N–H and O–H groups in total. The van der Waals surface area contributed by atoms with Gasteiger partial charge in [0.1, 0.15) is 11.6 Å². The molecule has 2 aromatic carbocycles. The van der Waals surface area contributed by atoms with Crippen LogP contribution in [0, 0.1) is 12.7 Å². The van der Waals surface area contributed by atoms with Crippen LogP contribution in [-0.4, -0.2) is 7.11 Å². The Labute approximate surface area is 116 Å². The van der Waals surface area contributed by atoms with Gasteiger partial charge in [0, 0.05) is 22.4 Å².